The lowest BCUT2D eigenvalue weighted by atomic mass is 10.1. The van der Waals surface area contributed by atoms with E-state index in [2.05, 4.69) is 14.1 Å². The van der Waals surface area contributed by atoms with E-state index in [1.54, 1.807) is 14.2 Å². The number of nitrogens with zero attached hydrogens (tertiary/aromatic N) is 2. The smallest absolute Gasteiger partial charge is 0.269 e. The van der Waals surface area contributed by atoms with Crippen LogP contribution < -0.4 is 14.8 Å². The Labute approximate surface area is 136 Å². The second-order valence-electron chi connectivity index (χ2n) is 4.69. The van der Waals surface area contributed by atoms with Gasteiger partial charge in [-0.3, -0.25) is 0 Å². The molecule has 0 saturated heterocycles. The average Bonchev–Trinajstić information content (AvgIpc) is 2.61. The Kier molecular flexibility index (Phi) is 4.38. The summed E-state index contributed by atoms with van der Waals surface area (Å²) in [5.74, 6) is 2.50. The first-order chi connectivity index (χ1) is 11.2. The highest BCUT2D eigenvalue weighted by molar-refractivity contribution is 7.82. The van der Waals surface area contributed by atoms with E-state index in [4.69, 9.17) is 9.47 Å². The standard InChI is InChI=1S/C16H15N3O3S/c1-21-13-7-3-11(4-8-13)15-17-16(19-23(20)18-15)12-5-9-14(22-2)10-6-12/h3-10H,1-2H3,(H,17,18,19). The van der Waals surface area contributed by atoms with Crippen molar-refractivity contribution in [1.82, 2.24) is 5.32 Å². The molecule has 0 unspecified atom stereocenters. The molecule has 0 atom stereocenters. The maximum Gasteiger partial charge on any atom is 0.269 e. The Morgan fingerprint density at radius 1 is 0.783 bits per heavy atom. The first-order valence-electron chi connectivity index (χ1n) is 6.85. The normalized spacial score (nSPS) is 14.5. The Balaban J connectivity index is 1.86. The zero-order valence-corrected chi connectivity index (χ0v) is 13.5. The van der Waals surface area contributed by atoms with Gasteiger partial charge in [-0.1, -0.05) is 0 Å². The average molecular weight is 329 g/mol. The van der Waals surface area contributed by atoms with Gasteiger partial charge in [0.2, 0.25) is 0 Å². The Morgan fingerprint density at radius 2 is 1.17 bits per heavy atom. The summed E-state index contributed by atoms with van der Waals surface area (Å²) < 4.78 is 30.3. The first-order valence-corrected chi connectivity index (χ1v) is 7.91. The molecule has 2 aromatic rings. The number of nitrogens with one attached hydrogen (secondary N) is 1. The molecule has 118 valence electrons. The van der Waals surface area contributed by atoms with E-state index in [0.717, 1.165) is 22.6 Å². The van der Waals surface area contributed by atoms with E-state index in [1.165, 1.54) is 0 Å². The predicted molar refractivity (Wildman–Crippen MR) is 90.3 cm³/mol. The van der Waals surface area contributed by atoms with Crippen molar-refractivity contribution in [2.45, 2.75) is 0 Å². The number of ether oxygens (including phenoxy) is 2. The van der Waals surface area contributed by atoms with Crippen LogP contribution in [0.3, 0.4) is 0 Å². The molecule has 1 aliphatic rings. The number of hydrogen-bond donors (Lipinski definition) is 1. The van der Waals surface area contributed by atoms with Crippen molar-refractivity contribution in [2.24, 2.45) is 8.80 Å². The lowest BCUT2D eigenvalue weighted by Crippen LogP contribution is -2.35. The molecule has 0 aromatic heterocycles. The summed E-state index contributed by atoms with van der Waals surface area (Å²) in [5, 5.41) is 3.12. The third-order valence-corrected chi connectivity index (χ3v) is 3.98. The van der Waals surface area contributed by atoms with Gasteiger partial charge in [-0.15, -0.1) is 8.80 Å². The Morgan fingerprint density at radius 3 is 1.52 bits per heavy atom. The van der Waals surface area contributed by atoms with E-state index in [9.17, 15) is 4.21 Å². The predicted octanol–water partition coefficient (Wildman–Crippen LogP) is 2.08. The van der Waals surface area contributed by atoms with Crippen LogP contribution >= 0.6 is 0 Å². The van der Waals surface area contributed by atoms with Gasteiger partial charge in [-0.25, -0.2) is 4.21 Å². The molecule has 0 saturated carbocycles. The minimum Gasteiger partial charge on any atom is -0.497 e. The molecule has 1 heterocycles. The van der Waals surface area contributed by atoms with Crippen molar-refractivity contribution in [1.29, 1.82) is 0 Å². The highest BCUT2D eigenvalue weighted by Crippen LogP contribution is 2.16. The summed E-state index contributed by atoms with van der Waals surface area (Å²) in [5.41, 5.74) is 1.61. The lowest BCUT2D eigenvalue weighted by Gasteiger charge is -2.16. The van der Waals surface area contributed by atoms with Gasteiger partial charge < -0.3 is 14.8 Å². The van der Waals surface area contributed by atoms with Crippen LogP contribution in [0.2, 0.25) is 0 Å². The second kappa shape index (κ2) is 6.62. The Hall–Kier alpha value is -2.67. The van der Waals surface area contributed by atoms with Gasteiger partial charge in [0.05, 0.1) is 14.2 Å². The zero-order chi connectivity index (χ0) is 16.2. The summed E-state index contributed by atoms with van der Waals surface area (Å²) in [7, 11) is 3.21. The zero-order valence-electron chi connectivity index (χ0n) is 12.6. The summed E-state index contributed by atoms with van der Waals surface area (Å²) in [4.78, 5) is 0. The minimum absolute atomic E-state index is 0.506. The highest BCUT2D eigenvalue weighted by atomic mass is 32.2. The molecule has 1 aliphatic heterocycles. The number of amidine groups is 2. The van der Waals surface area contributed by atoms with Gasteiger partial charge in [-0.2, -0.15) is 0 Å². The molecular weight excluding hydrogens is 314 g/mol. The molecule has 0 amide bonds. The first kappa shape index (κ1) is 15.2. The number of hydrogen-bond acceptors (Lipinski definition) is 4. The monoisotopic (exact) mass is 329 g/mol. The molecule has 6 nitrogen and oxygen atoms in total. The van der Waals surface area contributed by atoms with Crippen LogP contribution in [0.1, 0.15) is 11.1 Å². The van der Waals surface area contributed by atoms with Crippen molar-refractivity contribution in [3.63, 3.8) is 0 Å². The van der Waals surface area contributed by atoms with Gasteiger partial charge in [-0.05, 0) is 48.5 Å². The van der Waals surface area contributed by atoms with Gasteiger partial charge in [0, 0.05) is 11.1 Å². The number of benzene rings is 2. The van der Waals surface area contributed by atoms with Gasteiger partial charge in [0.1, 0.15) is 11.5 Å². The second-order valence-corrected chi connectivity index (χ2v) is 5.52. The maximum atomic E-state index is 11.9. The minimum atomic E-state index is -1.66. The SMILES string of the molecule is COc1ccc(C2=NS(=O)N=C(c3ccc(OC)cc3)N2)cc1. The largest absolute Gasteiger partial charge is 0.497 e. The molecule has 23 heavy (non-hydrogen) atoms. The fourth-order valence-corrected chi connectivity index (χ4v) is 2.74. The lowest BCUT2D eigenvalue weighted by molar-refractivity contribution is 0.414. The summed E-state index contributed by atoms with van der Waals surface area (Å²) >= 11 is -1.66. The van der Waals surface area contributed by atoms with E-state index in [1.807, 2.05) is 48.5 Å². The topological polar surface area (TPSA) is 72.3 Å². The van der Waals surface area contributed by atoms with Gasteiger partial charge in [0.15, 0.2) is 11.7 Å². The van der Waals surface area contributed by atoms with Crippen LogP contribution in [0.5, 0.6) is 11.5 Å². The number of methoxy groups -OCH3 is 2. The molecule has 3 rings (SSSR count). The van der Waals surface area contributed by atoms with Crippen LogP contribution in [-0.4, -0.2) is 30.1 Å². The van der Waals surface area contributed by atoms with Gasteiger partial charge >= 0.3 is 0 Å². The van der Waals surface area contributed by atoms with Crippen LogP contribution in [0, 0.1) is 0 Å². The highest BCUT2D eigenvalue weighted by Gasteiger charge is 2.17. The van der Waals surface area contributed by atoms with E-state index in [-0.39, 0.29) is 0 Å². The van der Waals surface area contributed by atoms with Crippen molar-refractivity contribution in [3.8, 4) is 11.5 Å². The maximum absolute atomic E-state index is 11.9. The van der Waals surface area contributed by atoms with Crippen molar-refractivity contribution in [3.05, 3.63) is 59.7 Å². The summed E-state index contributed by atoms with van der Waals surface area (Å²) in [6.07, 6.45) is 0. The third kappa shape index (κ3) is 3.40. The van der Waals surface area contributed by atoms with Gasteiger partial charge in [0.25, 0.3) is 11.2 Å². The quantitative estimate of drug-likeness (QED) is 0.932. The van der Waals surface area contributed by atoms with Crippen molar-refractivity contribution in [2.75, 3.05) is 14.2 Å². The van der Waals surface area contributed by atoms with Crippen molar-refractivity contribution >= 4 is 22.8 Å². The third-order valence-electron chi connectivity index (χ3n) is 3.30. The summed E-state index contributed by atoms with van der Waals surface area (Å²) in [6, 6.07) is 14.7. The molecule has 7 heteroatoms. The fraction of sp³-hybridized carbons (Fsp3) is 0.125. The molecule has 0 bridgehead atoms. The molecule has 0 fully saturated rings. The Bertz CT molecular complexity index is 718. The fourth-order valence-electron chi connectivity index (χ4n) is 2.08. The van der Waals surface area contributed by atoms with Crippen LogP contribution in [0.15, 0.2) is 57.3 Å². The molecule has 1 N–H and O–H groups in total. The van der Waals surface area contributed by atoms with E-state index >= 15 is 0 Å². The summed E-state index contributed by atoms with van der Waals surface area (Å²) in [6.45, 7) is 0. The van der Waals surface area contributed by atoms with E-state index < -0.39 is 11.2 Å². The molecule has 0 spiro atoms. The van der Waals surface area contributed by atoms with Crippen LogP contribution in [0.4, 0.5) is 0 Å². The molecular formula is C16H15N3O3S. The van der Waals surface area contributed by atoms with E-state index in [0.29, 0.717) is 11.7 Å². The molecule has 0 radical (unpaired) electrons. The van der Waals surface area contributed by atoms with Crippen molar-refractivity contribution < 1.29 is 13.7 Å². The molecule has 2 aromatic carbocycles. The number of rotatable bonds is 4. The molecule has 0 aliphatic carbocycles. The van der Waals surface area contributed by atoms with Crippen LogP contribution in [0.25, 0.3) is 0 Å². The van der Waals surface area contributed by atoms with Crippen LogP contribution in [-0.2, 0) is 11.2 Å².